The van der Waals surface area contributed by atoms with Crippen LogP contribution in [0, 0.1) is 0 Å². The molecule has 1 aliphatic heterocycles. The van der Waals surface area contributed by atoms with E-state index in [1.807, 2.05) is 59.5 Å². The van der Waals surface area contributed by atoms with Gasteiger partial charge in [-0.1, -0.05) is 49.2 Å². The molecule has 27 heavy (non-hydrogen) atoms. The van der Waals surface area contributed by atoms with Crippen molar-refractivity contribution in [1.29, 1.82) is 0 Å². The average molecular weight is 365 g/mol. The third-order valence-electron chi connectivity index (χ3n) is 4.76. The van der Waals surface area contributed by atoms with Crippen molar-refractivity contribution in [3.05, 3.63) is 65.7 Å². The minimum atomic E-state index is 0.0836. The van der Waals surface area contributed by atoms with E-state index >= 15 is 0 Å². The number of hydrogen-bond acceptors (Lipinski definition) is 3. The molecule has 1 aliphatic rings. The van der Waals surface area contributed by atoms with E-state index in [4.69, 9.17) is 9.47 Å². The van der Waals surface area contributed by atoms with Gasteiger partial charge in [0.1, 0.15) is 6.61 Å². The largest absolute Gasteiger partial charge is 0.493 e. The molecular formula is C23H27NO3. The van der Waals surface area contributed by atoms with Crippen molar-refractivity contribution >= 4 is 12.0 Å². The predicted octanol–water partition coefficient (Wildman–Crippen LogP) is 4.69. The van der Waals surface area contributed by atoms with Crippen LogP contribution in [0.3, 0.4) is 0 Å². The first-order valence-electron chi connectivity index (χ1n) is 9.58. The molecule has 1 heterocycles. The van der Waals surface area contributed by atoms with E-state index in [1.165, 1.54) is 12.8 Å². The zero-order chi connectivity index (χ0) is 18.9. The summed E-state index contributed by atoms with van der Waals surface area (Å²) in [7, 11) is 1.63. The fraction of sp³-hybridized carbons (Fsp3) is 0.348. The second-order valence-corrected chi connectivity index (χ2v) is 6.76. The molecule has 1 saturated heterocycles. The fourth-order valence-electron chi connectivity index (χ4n) is 3.21. The molecule has 1 fully saturated rings. The normalized spacial score (nSPS) is 14.8. The second kappa shape index (κ2) is 9.81. The number of likely N-dealkylation sites (tertiary alicyclic amines) is 1. The van der Waals surface area contributed by atoms with Gasteiger partial charge in [0.25, 0.3) is 0 Å². The minimum Gasteiger partial charge on any atom is -0.493 e. The van der Waals surface area contributed by atoms with Gasteiger partial charge in [-0.3, -0.25) is 4.79 Å². The Morgan fingerprint density at radius 2 is 1.74 bits per heavy atom. The van der Waals surface area contributed by atoms with Crippen molar-refractivity contribution < 1.29 is 14.3 Å². The van der Waals surface area contributed by atoms with Crippen molar-refractivity contribution in [3.8, 4) is 11.5 Å². The van der Waals surface area contributed by atoms with E-state index < -0.39 is 0 Å². The van der Waals surface area contributed by atoms with Crippen molar-refractivity contribution in [1.82, 2.24) is 4.90 Å². The molecule has 2 aromatic rings. The molecule has 2 aromatic carbocycles. The quantitative estimate of drug-likeness (QED) is 0.697. The highest BCUT2D eigenvalue weighted by molar-refractivity contribution is 5.91. The Bertz CT molecular complexity index is 762. The smallest absolute Gasteiger partial charge is 0.246 e. The van der Waals surface area contributed by atoms with Crippen molar-refractivity contribution in [2.75, 3.05) is 20.2 Å². The van der Waals surface area contributed by atoms with Crippen LogP contribution >= 0.6 is 0 Å². The number of nitrogens with zero attached hydrogens (tertiary/aromatic N) is 1. The maximum atomic E-state index is 12.4. The fourth-order valence-corrected chi connectivity index (χ4v) is 3.21. The minimum absolute atomic E-state index is 0.0836. The maximum Gasteiger partial charge on any atom is 0.246 e. The van der Waals surface area contributed by atoms with E-state index in [1.54, 1.807) is 13.2 Å². The van der Waals surface area contributed by atoms with Crippen LogP contribution in [0.5, 0.6) is 11.5 Å². The van der Waals surface area contributed by atoms with Crippen LogP contribution in [0.25, 0.3) is 6.08 Å². The van der Waals surface area contributed by atoms with Crippen molar-refractivity contribution in [2.45, 2.75) is 32.3 Å². The summed E-state index contributed by atoms with van der Waals surface area (Å²) in [5.74, 6) is 1.44. The van der Waals surface area contributed by atoms with Gasteiger partial charge in [0.15, 0.2) is 11.5 Å². The van der Waals surface area contributed by atoms with E-state index in [0.29, 0.717) is 18.1 Å². The van der Waals surface area contributed by atoms with Crippen molar-refractivity contribution in [3.63, 3.8) is 0 Å². The van der Waals surface area contributed by atoms with Gasteiger partial charge in [-0.2, -0.15) is 0 Å². The lowest BCUT2D eigenvalue weighted by Gasteiger charge is -2.18. The van der Waals surface area contributed by atoms with Gasteiger partial charge in [-0.05, 0) is 42.2 Å². The van der Waals surface area contributed by atoms with Gasteiger partial charge >= 0.3 is 0 Å². The van der Waals surface area contributed by atoms with E-state index in [0.717, 1.165) is 37.1 Å². The highest BCUT2D eigenvalue weighted by atomic mass is 16.5. The van der Waals surface area contributed by atoms with Gasteiger partial charge in [0.05, 0.1) is 7.11 Å². The number of carbonyl (C=O) groups excluding carboxylic acids is 1. The molecule has 0 spiro atoms. The standard InChI is InChI=1S/C23H27NO3/c1-26-22-17-19(12-14-23(25)24-15-7-2-3-8-16-24)11-13-21(22)27-18-20-9-5-4-6-10-20/h4-6,9-14,17H,2-3,7-8,15-16,18H2,1H3/b14-12+. The van der Waals surface area contributed by atoms with Crippen LogP contribution in [-0.2, 0) is 11.4 Å². The highest BCUT2D eigenvalue weighted by Crippen LogP contribution is 2.29. The molecule has 142 valence electrons. The Kier molecular flexibility index (Phi) is 6.91. The zero-order valence-electron chi connectivity index (χ0n) is 15.9. The van der Waals surface area contributed by atoms with Crippen LogP contribution in [-0.4, -0.2) is 31.0 Å². The summed E-state index contributed by atoms with van der Waals surface area (Å²) in [4.78, 5) is 14.3. The molecule has 1 amide bonds. The maximum absolute atomic E-state index is 12.4. The van der Waals surface area contributed by atoms with Gasteiger partial charge in [-0.25, -0.2) is 0 Å². The Labute approximate surface area is 161 Å². The van der Waals surface area contributed by atoms with E-state index in [9.17, 15) is 4.79 Å². The van der Waals surface area contributed by atoms with Crippen LogP contribution in [0.4, 0.5) is 0 Å². The van der Waals surface area contributed by atoms with Gasteiger partial charge in [0, 0.05) is 19.2 Å². The summed E-state index contributed by atoms with van der Waals surface area (Å²) >= 11 is 0. The molecule has 0 unspecified atom stereocenters. The summed E-state index contributed by atoms with van der Waals surface area (Å²) < 4.78 is 11.3. The number of rotatable bonds is 6. The lowest BCUT2D eigenvalue weighted by molar-refractivity contribution is -0.125. The number of carbonyl (C=O) groups is 1. The van der Waals surface area contributed by atoms with Crippen LogP contribution in [0.15, 0.2) is 54.6 Å². The lowest BCUT2D eigenvalue weighted by atomic mass is 10.1. The SMILES string of the molecule is COc1cc(/C=C/C(=O)N2CCCCCC2)ccc1OCc1ccccc1. The molecule has 4 heteroatoms. The van der Waals surface area contributed by atoms with Crippen LogP contribution in [0.1, 0.15) is 36.8 Å². The van der Waals surface area contributed by atoms with E-state index in [-0.39, 0.29) is 5.91 Å². The number of amides is 1. The Morgan fingerprint density at radius 1 is 1.00 bits per heavy atom. The molecule has 0 radical (unpaired) electrons. The Morgan fingerprint density at radius 3 is 2.44 bits per heavy atom. The molecule has 3 rings (SSSR count). The van der Waals surface area contributed by atoms with E-state index in [2.05, 4.69) is 0 Å². The topological polar surface area (TPSA) is 38.8 Å². The van der Waals surface area contributed by atoms with Crippen LogP contribution in [0.2, 0.25) is 0 Å². The molecule has 0 aliphatic carbocycles. The summed E-state index contributed by atoms with van der Waals surface area (Å²) in [6, 6.07) is 15.7. The number of benzene rings is 2. The van der Waals surface area contributed by atoms with Crippen LogP contribution < -0.4 is 9.47 Å². The molecule has 0 saturated carbocycles. The molecule has 4 nitrogen and oxygen atoms in total. The van der Waals surface area contributed by atoms with Gasteiger partial charge in [0.2, 0.25) is 5.91 Å². The number of hydrogen-bond donors (Lipinski definition) is 0. The third kappa shape index (κ3) is 5.61. The number of ether oxygens (including phenoxy) is 2. The summed E-state index contributed by atoms with van der Waals surface area (Å²) in [5.41, 5.74) is 2.02. The van der Waals surface area contributed by atoms with Gasteiger partial charge < -0.3 is 14.4 Å². The number of methoxy groups -OCH3 is 1. The second-order valence-electron chi connectivity index (χ2n) is 6.76. The molecular weight excluding hydrogens is 338 g/mol. The van der Waals surface area contributed by atoms with Crippen molar-refractivity contribution in [2.24, 2.45) is 0 Å². The average Bonchev–Trinajstić information content (AvgIpc) is 3.01. The molecule has 0 N–H and O–H groups in total. The monoisotopic (exact) mass is 365 g/mol. The molecule has 0 bridgehead atoms. The third-order valence-corrected chi connectivity index (χ3v) is 4.76. The predicted molar refractivity (Wildman–Crippen MR) is 108 cm³/mol. The Balaban J connectivity index is 1.63. The summed E-state index contributed by atoms with van der Waals surface area (Å²) in [6.45, 7) is 2.21. The van der Waals surface area contributed by atoms with Gasteiger partial charge in [-0.15, -0.1) is 0 Å². The summed E-state index contributed by atoms with van der Waals surface area (Å²) in [5, 5.41) is 0. The zero-order valence-corrected chi connectivity index (χ0v) is 15.9. The highest BCUT2D eigenvalue weighted by Gasteiger charge is 2.13. The Hall–Kier alpha value is -2.75. The molecule has 0 aromatic heterocycles. The first-order chi connectivity index (χ1) is 13.3. The first-order valence-corrected chi connectivity index (χ1v) is 9.58. The first kappa shape index (κ1) is 19.0. The summed E-state index contributed by atoms with van der Waals surface area (Å²) in [6.07, 6.45) is 8.13. The lowest BCUT2D eigenvalue weighted by Crippen LogP contribution is -2.30. The molecule has 0 atom stereocenters.